The summed E-state index contributed by atoms with van der Waals surface area (Å²) in [7, 11) is 13.0. The van der Waals surface area contributed by atoms with E-state index in [1.165, 1.54) is 45.3 Å². The standard InChI is InChI=1S/C14H33N3/c1-15(2)11-7-8-14(9-12-16(3)4)10-13-17(5)6/h14H,7-13H2,1-6H3. The SMILES string of the molecule is CN(C)CCCC(CCN(C)C)CCN(C)C. The highest BCUT2D eigenvalue weighted by Crippen LogP contribution is 2.16. The Kier molecular flexibility index (Phi) is 9.79. The summed E-state index contributed by atoms with van der Waals surface area (Å²) in [5.74, 6) is 0.889. The van der Waals surface area contributed by atoms with Gasteiger partial charge in [0.1, 0.15) is 0 Å². The summed E-state index contributed by atoms with van der Waals surface area (Å²) >= 11 is 0. The third kappa shape index (κ3) is 12.1. The highest BCUT2D eigenvalue weighted by Gasteiger charge is 2.09. The van der Waals surface area contributed by atoms with Gasteiger partial charge < -0.3 is 14.7 Å². The quantitative estimate of drug-likeness (QED) is 0.580. The zero-order valence-electron chi connectivity index (χ0n) is 12.9. The van der Waals surface area contributed by atoms with Crippen LogP contribution in [0.5, 0.6) is 0 Å². The summed E-state index contributed by atoms with van der Waals surface area (Å²) < 4.78 is 0. The minimum atomic E-state index is 0.889. The van der Waals surface area contributed by atoms with E-state index < -0.39 is 0 Å². The van der Waals surface area contributed by atoms with Gasteiger partial charge in [0.05, 0.1) is 0 Å². The van der Waals surface area contributed by atoms with Crippen molar-refractivity contribution in [2.24, 2.45) is 5.92 Å². The third-order valence-corrected chi connectivity index (χ3v) is 3.19. The van der Waals surface area contributed by atoms with Crippen LogP contribution in [0.3, 0.4) is 0 Å². The van der Waals surface area contributed by atoms with Crippen molar-refractivity contribution in [3.8, 4) is 0 Å². The Morgan fingerprint density at radius 1 is 0.588 bits per heavy atom. The summed E-state index contributed by atoms with van der Waals surface area (Å²) in [5.41, 5.74) is 0. The second kappa shape index (κ2) is 9.86. The molecule has 0 aromatic heterocycles. The summed E-state index contributed by atoms with van der Waals surface area (Å²) in [6.07, 6.45) is 5.39. The summed E-state index contributed by atoms with van der Waals surface area (Å²) in [6.45, 7) is 3.67. The van der Waals surface area contributed by atoms with Crippen LogP contribution < -0.4 is 0 Å². The molecule has 0 aliphatic rings. The van der Waals surface area contributed by atoms with E-state index in [0.29, 0.717) is 0 Å². The van der Waals surface area contributed by atoms with Crippen LogP contribution in [-0.4, -0.2) is 76.6 Å². The van der Waals surface area contributed by atoms with Gasteiger partial charge in [0.25, 0.3) is 0 Å². The monoisotopic (exact) mass is 243 g/mol. The van der Waals surface area contributed by atoms with Crippen LogP contribution in [0, 0.1) is 5.92 Å². The molecule has 0 heterocycles. The molecule has 0 rings (SSSR count). The van der Waals surface area contributed by atoms with Crippen LogP contribution >= 0.6 is 0 Å². The Bertz CT molecular complexity index is 155. The topological polar surface area (TPSA) is 9.72 Å². The maximum atomic E-state index is 2.30. The molecule has 3 nitrogen and oxygen atoms in total. The molecule has 0 aliphatic heterocycles. The van der Waals surface area contributed by atoms with Gasteiger partial charge in [0.2, 0.25) is 0 Å². The molecule has 0 aromatic rings. The molecule has 0 unspecified atom stereocenters. The maximum absolute atomic E-state index is 2.30. The van der Waals surface area contributed by atoms with E-state index in [1.54, 1.807) is 0 Å². The van der Waals surface area contributed by atoms with Crippen LogP contribution in [0.2, 0.25) is 0 Å². The first-order valence-electron chi connectivity index (χ1n) is 6.86. The molecule has 0 aromatic carbocycles. The number of hydrogen-bond acceptors (Lipinski definition) is 3. The highest BCUT2D eigenvalue weighted by molar-refractivity contribution is 4.64. The first-order valence-corrected chi connectivity index (χ1v) is 6.86. The number of rotatable bonds is 10. The van der Waals surface area contributed by atoms with Crippen molar-refractivity contribution in [1.82, 2.24) is 14.7 Å². The molecular weight excluding hydrogens is 210 g/mol. The Labute approximate surface area is 109 Å². The van der Waals surface area contributed by atoms with E-state index in [9.17, 15) is 0 Å². The van der Waals surface area contributed by atoms with Crippen LogP contribution in [0.4, 0.5) is 0 Å². The Morgan fingerprint density at radius 3 is 1.35 bits per heavy atom. The van der Waals surface area contributed by atoms with Crippen molar-refractivity contribution < 1.29 is 0 Å². The molecule has 0 N–H and O–H groups in total. The van der Waals surface area contributed by atoms with Crippen LogP contribution in [0.25, 0.3) is 0 Å². The van der Waals surface area contributed by atoms with E-state index >= 15 is 0 Å². The molecule has 0 aliphatic carbocycles. The van der Waals surface area contributed by atoms with Gasteiger partial charge in [-0.05, 0) is 93.5 Å². The normalized spacial score (nSPS) is 12.4. The van der Waals surface area contributed by atoms with E-state index in [2.05, 4.69) is 57.0 Å². The lowest BCUT2D eigenvalue weighted by atomic mass is 9.95. The summed E-state index contributed by atoms with van der Waals surface area (Å²) in [4.78, 5) is 6.89. The average molecular weight is 243 g/mol. The van der Waals surface area contributed by atoms with Crippen molar-refractivity contribution in [1.29, 1.82) is 0 Å². The Hall–Kier alpha value is -0.120. The molecule has 3 heteroatoms. The molecule has 0 bridgehead atoms. The van der Waals surface area contributed by atoms with Gasteiger partial charge in [-0.3, -0.25) is 0 Å². The minimum Gasteiger partial charge on any atom is -0.309 e. The fourth-order valence-corrected chi connectivity index (χ4v) is 2.01. The molecule has 0 spiro atoms. The van der Waals surface area contributed by atoms with Crippen LogP contribution in [0.15, 0.2) is 0 Å². The molecule has 0 radical (unpaired) electrons. The lowest BCUT2D eigenvalue weighted by Gasteiger charge is -2.22. The minimum absolute atomic E-state index is 0.889. The first kappa shape index (κ1) is 16.9. The lowest BCUT2D eigenvalue weighted by Crippen LogP contribution is -2.22. The zero-order chi connectivity index (χ0) is 13.3. The van der Waals surface area contributed by atoms with Crippen molar-refractivity contribution >= 4 is 0 Å². The highest BCUT2D eigenvalue weighted by atomic mass is 15.1. The predicted octanol–water partition coefficient (Wildman–Crippen LogP) is 1.85. The van der Waals surface area contributed by atoms with Crippen LogP contribution in [0.1, 0.15) is 25.7 Å². The van der Waals surface area contributed by atoms with Crippen molar-refractivity contribution in [3.63, 3.8) is 0 Å². The third-order valence-electron chi connectivity index (χ3n) is 3.19. The molecule has 104 valence electrons. The molecule has 0 atom stereocenters. The van der Waals surface area contributed by atoms with Crippen molar-refractivity contribution in [2.75, 3.05) is 61.9 Å². The molecule has 0 saturated carbocycles. The fraction of sp³-hybridized carbons (Fsp3) is 1.00. The number of hydrogen-bond donors (Lipinski definition) is 0. The van der Waals surface area contributed by atoms with Gasteiger partial charge in [-0.25, -0.2) is 0 Å². The molecular formula is C14H33N3. The lowest BCUT2D eigenvalue weighted by molar-refractivity contribution is 0.280. The Balaban J connectivity index is 3.84. The summed E-state index contributed by atoms with van der Waals surface area (Å²) in [6, 6.07) is 0. The maximum Gasteiger partial charge on any atom is -0.00222 e. The van der Waals surface area contributed by atoms with E-state index in [1.807, 2.05) is 0 Å². The van der Waals surface area contributed by atoms with Crippen LogP contribution in [-0.2, 0) is 0 Å². The van der Waals surface area contributed by atoms with Crippen molar-refractivity contribution in [3.05, 3.63) is 0 Å². The first-order chi connectivity index (χ1) is 7.91. The van der Waals surface area contributed by atoms with Gasteiger partial charge in [0.15, 0.2) is 0 Å². The fourth-order valence-electron chi connectivity index (χ4n) is 2.01. The second-order valence-electron chi connectivity index (χ2n) is 6.00. The number of nitrogens with zero attached hydrogens (tertiary/aromatic N) is 3. The van der Waals surface area contributed by atoms with E-state index in [4.69, 9.17) is 0 Å². The van der Waals surface area contributed by atoms with Gasteiger partial charge in [0, 0.05) is 0 Å². The molecule has 17 heavy (non-hydrogen) atoms. The average Bonchev–Trinajstić information content (AvgIpc) is 2.20. The second-order valence-corrected chi connectivity index (χ2v) is 6.00. The van der Waals surface area contributed by atoms with E-state index in [-0.39, 0.29) is 0 Å². The van der Waals surface area contributed by atoms with Gasteiger partial charge >= 0.3 is 0 Å². The van der Waals surface area contributed by atoms with Crippen molar-refractivity contribution in [2.45, 2.75) is 25.7 Å². The largest absolute Gasteiger partial charge is 0.309 e. The van der Waals surface area contributed by atoms with Gasteiger partial charge in [-0.1, -0.05) is 0 Å². The molecule has 0 amide bonds. The summed E-state index contributed by atoms with van der Waals surface area (Å²) in [5, 5.41) is 0. The van der Waals surface area contributed by atoms with Gasteiger partial charge in [-0.2, -0.15) is 0 Å². The Morgan fingerprint density at radius 2 is 1.00 bits per heavy atom. The zero-order valence-corrected chi connectivity index (χ0v) is 12.9. The molecule has 0 fully saturated rings. The van der Waals surface area contributed by atoms with Gasteiger partial charge in [-0.15, -0.1) is 0 Å². The molecule has 0 saturated heterocycles. The van der Waals surface area contributed by atoms with E-state index in [0.717, 1.165) is 5.92 Å². The smallest absolute Gasteiger partial charge is 0.00222 e. The predicted molar refractivity (Wildman–Crippen MR) is 77.6 cm³/mol.